The highest BCUT2D eigenvalue weighted by molar-refractivity contribution is 7.89. The number of sulfonamides is 1. The molecule has 0 saturated heterocycles. The van der Waals surface area contributed by atoms with Gasteiger partial charge in [-0.3, -0.25) is 0 Å². The number of fused-ring (bicyclic) bond motifs is 1. The lowest BCUT2D eigenvalue weighted by Gasteiger charge is -2.29. The van der Waals surface area contributed by atoms with Gasteiger partial charge in [-0.15, -0.1) is 0 Å². The Kier molecular flexibility index (Phi) is 7.91. The Bertz CT molecular complexity index is 1580. The summed E-state index contributed by atoms with van der Waals surface area (Å²) >= 11 is 0. The number of pyridine rings is 1. The van der Waals surface area contributed by atoms with Crippen molar-refractivity contribution < 1.29 is 27.4 Å². The normalized spacial score (nSPS) is 16.5. The summed E-state index contributed by atoms with van der Waals surface area (Å²) in [5, 5.41) is 30.9. The molecule has 0 unspecified atom stereocenters. The Morgan fingerprint density at radius 1 is 1.02 bits per heavy atom. The average molecular weight is 583 g/mol. The maximum Gasteiger partial charge on any atom is 0.244 e. The van der Waals surface area contributed by atoms with Gasteiger partial charge in [-0.1, -0.05) is 25.3 Å². The molecule has 1 aromatic heterocycles. The van der Waals surface area contributed by atoms with Crippen molar-refractivity contribution in [2.75, 3.05) is 0 Å². The van der Waals surface area contributed by atoms with Gasteiger partial charge in [-0.25, -0.2) is 17.9 Å². The molecule has 0 aliphatic heterocycles. The minimum Gasteiger partial charge on any atom is -0.618 e. The van der Waals surface area contributed by atoms with Gasteiger partial charge in [0.25, 0.3) is 0 Å². The molecule has 220 valence electrons. The highest BCUT2D eigenvalue weighted by Gasteiger charge is 2.40. The summed E-state index contributed by atoms with van der Waals surface area (Å²) in [6, 6.07) is 7.94. The highest BCUT2D eigenvalue weighted by atomic mass is 32.2. The lowest BCUT2D eigenvalue weighted by Crippen LogP contribution is -2.44. The molecule has 1 fully saturated rings. The number of ether oxygens (including phenoxy) is 1. The van der Waals surface area contributed by atoms with E-state index in [-0.39, 0.29) is 22.3 Å². The molecule has 5 rings (SSSR count). The van der Waals surface area contributed by atoms with E-state index >= 15 is 0 Å². The van der Waals surface area contributed by atoms with Crippen molar-refractivity contribution >= 4 is 10.0 Å². The van der Waals surface area contributed by atoms with Crippen molar-refractivity contribution in [3.63, 3.8) is 0 Å². The van der Waals surface area contributed by atoms with Gasteiger partial charge in [0.1, 0.15) is 17.3 Å². The number of aliphatic hydroxyl groups is 1. The first-order valence-corrected chi connectivity index (χ1v) is 16.0. The second-order valence-corrected chi connectivity index (χ2v) is 13.6. The average Bonchev–Trinajstić information content (AvgIpc) is 2.90. The van der Waals surface area contributed by atoms with Gasteiger partial charge in [0.05, 0.1) is 5.60 Å². The summed E-state index contributed by atoms with van der Waals surface area (Å²) in [7, 11) is -4.37. The van der Waals surface area contributed by atoms with Crippen LogP contribution in [0.4, 0.5) is 4.39 Å². The van der Waals surface area contributed by atoms with Crippen LogP contribution >= 0.6 is 0 Å². The van der Waals surface area contributed by atoms with Crippen LogP contribution < -0.4 is 14.6 Å². The number of benzene rings is 2. The van der Waals surface area contributed by atoms with E-state index < -0.39 is 15.6 Å². The number of halogens is 1. The van der Waals surface area contributed by atoms with Crippen LogP contribution in [0.5, 0.6) is 11.5 Å². The van der Waals surface area contributed by atoms with Crippen molar-refractivity contribution in [3.8, 4) is 22.6 Å². The first-order valence-electron chi connectivity index (χ1n) is 14.4. The van der Waals surface area contributed by atoms with Crippen LogP contribution in [0.3, 0.4) is 0 Å². The third kappa shape index (κ3) is 5.72. The summed E-state index contributed by atoms with van der Waals surface area (Å²) in [5.74, 6) is 0.184. The third-order valence-corrected chi connectivity index (χ3v) is 9.52. The van der Waals surface area contributed by atoms with Crippen molar-refractivity contribution in [1.82, 2.24) is 0 Å². The van der Waals surface area contributed by atoms with Crippen molar-refractivity contribution in [2.45, 2.75) is 102 Å². The summed E-state index contributed by atoms with van der Waals surface area (Å²) in [5.41, 5.74) is 2.75. The SMILES string of the molecule is Cc1cc(F)cc(C)c1Oc1ccc(C(C)(C)O)cc1-c1c2c([n+]([O-])c(C3CCCCC3)c1S(N)(=O)=O)CCCC2. The molecule has 7 nitrogen and oxygen atoms in total. The van der Waals surface area contributed by atoms with E-state index in [1.165, 1.54) is 12.1 Å². The maximum absolute atomic E-state index is 14.1. The Labute approximate surface area is 241 Å². The molecule has 0 radical (unpaired) electrons. The van der Waals surface area contributed by atoms with Crippen LogP contribution in [0.25, 0.3) is 11.1 Å². The molecule has 3 N–H and O–H groups in total. The Balaban J connectivity index is 1.88. The van der Waals surface area contributed by atoms with E-state index in [9.17, 15) is 23.1 Å². The summed E-state index contributed by atoms with van der Waals surface area (Å²) in [6.07, 6.45) is 6.96. The zero-order valence-electron chi connectivity index (χ0n) is 24.2. The smallest absolute Gasteiger partial charge is 0.244 e. The number of hydrogen-bond donors (Lipinski definition) is 2. The molecule has 9 heteroatoms. The fourth-order valence-electron chi connectivity index (χ4n) is 6.55. The second-order valence-electron chi connectivity index (χ2n) is 12.1. The van der Waals surface area contributed by atoms with Crippen molar-refractivity contribution in [2.24, 2.45) is 5.14 Å². The van der Waals surface area contributed by atoms with Gasteiger partial charge in [-0.2, -0.15) is 4.73 Å². The van der Waals surface area contributed by atoms with E-state index in [2.05, 4.69) is 0 Å². The van der Waals surface area contributed by atoms with E-state index in [1.807, 2.05) is 0 Å². The monoisotopic (exact) mass is 582 g/mol. The minimum atomic E-state index is -4.37. The molecule has 1 saturated carbocycles. The number of primary sulfonamides is 1. The van der Waals surface area contributed by atoms with Gasteiger partial charge in [-0.05, 0) is 101 Å². The van der Waals surface area contributed by atoms with Crippen LogP contribution in [0, 0.1) is 24.9 Å². The van der Waals surface area contributed by atoms with Crippen LogP contribution in [0.15, 0.2) is 35.2 Å². The molecule has 1 heterocycles. The van der Waals surface area contributed by atoms with E-state index in [1.54, 1.807) is 45.9 Å². The van der Waals surface area contributed by atoms with Crippen LogP contribution in [-0.4, -0.2) is 13.5 Å². The van der Waals surface area contributed by atoms with Gasteiger partial charge in [0, 0.05) is 29.0 Å². The largest absolute Gasteiger partial charge is 0.618 e. The molecule has 0 atom stereocenters. The molecule has 3 aromatic rings. The zero-order valence-corrected chi connectivity index (χ0v) is 25.0. The fraction of sp³-hybridized carbons (Fsp3) is 0.469. The number of nitrogens with zero attached hydrogens (tertiary/aromatic N) is 1. The van der Waals surface area contributed by atoms with Gasteiger partial charge in [0.15, 0.2) is 10.6 Å². The van der Waals surface area contributed by atoms with Crippen molar-refractivity contribution in [3.05, 3.63) is 75.0 Å². The number of aromatic nitrogens is 1. The number of nitrogens with two attached hydrogens (primary N) is 1. The Morgan fingerprint density at radius 3 is 2.27 bits per heavy atom. The lowest BCUT2D eigenvalue weighted by molar-refractivity contribution is -0.627. The predicted molar refractivity (Wildman–Crippen MR) is 156 cm³/mol. The maximum atomic E-state index is 14.1. The first kappa shape index (κ1) is 29.5. The summed E-state index contributed by atoms with van der Waals surface area (Å²) in [4.78, 5) is -0.148. The van der Waals surface area contributed by atoms with Gasteiger partial charge in [0.2, 0.25) is 15.7 Å². The van der Waals surface area contributed by atoms with Gasteiger partial charge >= 0.3 is 0 Å². The molecular weight excluding hydrogens is 543 g/mol. The molecule has 2 aromatic carbocycles. The molecular formula is C32H39FN2O5S. The number of rotatable bonds is 6. The number of aryl methyl sites for hydroxylation is 2. The third-order valence-electron chi connectivity index (χ3n) is 8.53. The van der Waals surface area contributed by atoms with E-state index in [0.29, 0.717) is 76.3 Å². The standard InChI is InChI=1S/C32H39FN2O5S/c1-19-16-23(33)17-20(2)30(19)40-27-15-14-22(32(3,4)36)18-25(27)28-24-12-8-9-13-26(24)35(37)29(31(28)41(34,38)39)21-10-6-5-7-11-21/h14-18,21,36H,5-13H2,1-4H3,(H2,34,38,39). The molecule has 2 aliphatic carbocycles. The minimum absolute atomic E-state index is 0.148. The first-order chi connectivity index (χ1) is 19.3. The lowest BCUT2D eigenvalue weighted by atomic mass is 9.82. The molecule has 0 amide bonds. The Morgan fingerprint density at radius 2 is 1.66 bits per heavy atom. The summed E-state index contributed by atoms with van der Waals surface area (Å²) < 4.78 is 48.5. The molecule has 0 bridgehead atoms. The predicted octanol–water partition coefficient (Wildman–Crippen LogP) is 6.34. The fourth-order valence-corrected chi connectivity index (χ4v) is 7.61. The highest BCUT2D eigenvalue weighted by Crippen LogP contribution is 2.46. The van der Waals surface area contributed by atoms with E-state index in [0.717, 1.165) is 36.8 Å². The van der Waals surface area contributed by atoms with Crippen LogP contribution in [0.2, 0.25) is 0 Å². The molecule has 0 spiro atoms. The topological polar surface area (TPSA) is 117 Å². The second kappa shape index (κ2) is 11.0. The molecule has 41 heavy (non-hydrogen) atoms. The van der Waals surface area contributed by atoms with Gasteiger partial charge < -0.3 is 15.1 Å². The van der Waals surface area contributed by atoms with E-state index in [4.69, 9.17) is 9.88 Å². The number of hydrogen-bond acceptors (Lipinski definition) is 5. The van der Waals surface area contributed by atoms with Crippen LogP contribution in [-0.2, 0) is 28.5 Å². The van der Waals surface area contributed by atoms with Crippen molar-refractivity contribution in [1.29, 1.82) is 0 Å². The summed E-state index contributed by atoms with van der Waals surface area (Å²) in [6.45, 7) is 6.80. The molecule has 2 aliphatic rings. The Hall–Kier alpha value is -3.01. The zero-order chi connectivity index (χ0) is 29.7. The quantitative estimate of drug-likeness (QED) is 0.260. The van der Waals surface area contributed by atoms with Crippen LogP contribution in [0.1, 0.15) is 98.4 Å².